The number of piperidine rings is 1. The highest BCUT2D eigenvalue weighted by atomic mass is 16.4. The minimum atomic E-state index is -0.980. The van der Waals surface area contributed by atoms with Gasteiger partial charge < -0.3 is 20.6 Å². The van der Waals surface area contributed by atoms with Crippen molar-refractivity contribution in [3.05, 3.63) is 0 Å². The van der Waals surface area contributed by atoms with E-state index in [1.165, 1.54) is 11.8 Å². The molecule has 0 radical (unpaired) electrons. The second kappa shape index (κ2) is 6.58. The van der Waals surface area contributed by atoms with Gasteiger partial charge in [-0.05, 0) is 18.3 Å². The summed E-state index contributed by atoms with van der Waals surface area (Å²) in [4.78, 5) is 35.6. The van der Waals surface area contributed by atoms with E-state index in [1.807, 2.05) is 13.8 Å². The molecule has 3 amide bonds. The van der Waals surface area contributed by atoms with Gasteiger partial charge in [-0.25, -0.2) is 9.59 Å². The summed E-state index contributed by atoms with van der Waals surface area (Å²) in [6.07, 6.45) is 1.57. The number of carboxylic acid groups (broad SMARTS) is 1. The molecule has 7 heteroatoms. The Bertz CT molecular complexity index is 395. The first kappa shape index (κ1) is 16.3. The summed E-state index contributed by atoms with van der Waals surface area (Å²) in [6, 6.07) is -1.22. The highest BCUT2D eigenvalue weighted by Gasteiger charge is 2.44. The summed E-state index contributed by atoms with van der Waals surface area (Å²) in [7, 11) is 0. The zero-order valence-corrected chi connectivity index (χ0v) is 12.2. The molecule has 20 heavy (non-hydrogen) atoms. The summed E-state index contributed by atoms with van der Waals surface area (Å²) < 4.78 is 0. The van der Waals surface area contributed by atoms with Crippen molar-refractivity contribution in [2.24, 2.45) is 5.41 Å². The molecular formula is C13H23N3O4. The maximum absolute atomic E-state index is 12.1. The van der Waals surface area contributed by atoms with E-state index in [2.05, 4.69) is 10.6 Å². The Balaban J connectivity index is 2.60. The summed E-state index contributed by atoms with van der Waals surface area (Å²) in [6.45, 7) is 6.17. The van der Waals surface area contributed by atoms with Crippen LogP contribution in [0.5, 0.6) is 0 Å². The molecule has 0 bridgehead atoms. The van der Waals surface area contributed by atoms with E-state index in [1.54, 1.807) is 0 Å². The van der Waals surface area contributed by atoms with Gasteiger partial charge in [-0.2, -0.15) is 0 Å². The number of carboxylic acids is 1. The molecule has 114 valence electrons. The molecule has 1 unspecified atom stereocenters. The fourth-order valence-electron chi connectivity index (χ4n) is 2.59. The minimum absolute atomic E-state index is 0.165. The quantitative estimate of drug-likeness (QED) is 0.651. The van der Waals surface area contributed by atoms with Crippen LogP contribution in [-0.4, -0.2) is 53.6 Å². The lowest BCUT2D eigenvalue weighted by Gasteiger charge is -2.43. The average molecular weight is 285 g/mol. The highest BCUT2D eigenvalue weighted by molar-refractivity contribution is 5.83. The molecule has 0 aliphatic carbocycles. The maximum atomic E-state index is 12.1. The van der Waals surface area contributed by atoms with E-state index in [4.69, 9.17) is 0 Å². The largest absolute Gasteiger partial charge is 0.480 e. The van der Waals surface area contributed by atoms with E-state index < -0.39 is 23.5 Å². The second-order valence-electron chi connectivity index (χ2n) is 5.74. The highest BCUT2D eigenvalue weighted by Crippen LogP contribution is 2.35. The van der Waals surface area contributed by atoms with Gasteiger partial charge in [-0.3, -0.25) is 4.79 Å². The molecule has 1 rings (SSSR count). The topological polar surface area (TPSA) is 98.7 Å². The van der Waals surface area contributed by atoms with Crippen molar-refractivity contribution in [2.45, 2.75) is 39.7 Å². The molecule has 1 aliphatic heterocycles. The molecule has 0 aromatic heterocycles. The second-order valence-corrected chi connectivity index (χ2v) is 5.74. The molecule has 1 aliphatic rings. The van der Waals surface area contributed by atoms with Crippen LogP contribution in [0.15, 0.2) is 0 Å². The van der Waals surface area contributed by atoms with Crippen molar-refractivity contribution in [1.82, 2.24) is 15.5 Å². The number of urea groups is 1. The third-order valence-electron chi connectivity index (χ3n) is 3.54. The zero-order valence-electron chi connectivity index (χ0n) is 12.2. The number of nitrogens with one attached hydrogen (secondary N) is 2. The molecule has 1 atom stereocenters. The van der Waals surface area contributed by atoms with Gasteiger partial charge in [0.25, 0.3) is 0 Å². The molecule has 1 saturated heterocycles. The van der Waals surface area contributed by atoms with Crippen LogP contribution in [0.25, 0.3) is 0 Å². The van der Waals surface area contributed by atoms with Gasteiger partial charge in [0.05, 0.1) is 0 Å². The predicted octanol–water partition coefficient (Wildman–Crippen LogP) is 0.407. The van der Waals surface area contributed by atoms with Crippen molar-refractivity contribution in [3.8, 4) is 0 Å². The first-order chi connectivity index (χ1) is 9.25. The molecule has 1 heterocycles. The lowest BCUT2D eigenvalue weighted by Crippen LogP contribution is -2.59. The van der Waals surface area contributed by atoms with E-state index in [0.29, 0.717) is 13.1 Å². The van der Waals surface area contributed by atoms with Crippen molar-refractivity contribution >= 4 is 17.9 Å². The summed E-state index contributed by atoms with van der Waals surface area (Å²) in [5.41, 5.74) is -0.445. The van der Waals surface area contributed by atoms with Gasteiger partial charge in [-0.1, -0.05) is 13.8 Å². The van der Waals surface area contributed by atoms with Crippen LogP contribution in [0.1, 0.15) is 33.6 Å². The Hall–Kier alpha value is -1.79. The van der Waals surface area contributed by atoms with Crippen LogP contribution >= 0.6 is 0 Å². The number of rotatable bonds is 4. The molecule has 3 N–H and O–H groups in total. The third kappa shape index (κ3) is 4.11. The molecule has 1 fully saturated rings. The van der Waals surface area contributed by atoms with Crippen LogP contribution in [0.2, 0.25) is 0 Å². The molecule has 0 aromatic carbocycles. The monoisotopic (exact) mass is 285 g/mol. The first-order valence-corrected chi connectivity index (χ1v) is 6.77. The van der Waals surface area contributed by atoms with Crippen molar-refractivity contribution in [3.63, 3.8) is 0 Å². The Morgan fingerprint density at radius 3 is 2.40 bits per heavy atom. The SMILES string of the molecule is CC(=O)NCCNC(=O)N1CCCC(C)(C)C1C(=O)O. The number of hydrogen-bond donors (Lipinski definition) is 3. The van der Waals surface area contributed by atoms with Gasteiger partial charge in [0.2, 0.25) is 5.91 Å². The van der Waals surface area contributed by atoms with Crippen molar-refractivity contribution in [2.75, 3.05) is 19.6 Å². The smallest absolute Gasteiger partial charge is 0.327 e. The van der Waals surface area contributed by atoms with Crippen LogP contribution in [-0.2, 0) is 9.59 Å². The zero-order chi connectivity index (χ0) is 15.3. The summed E-state index contributed by atoms with van der Waals surface area (Å²) >= 11 is 0. The predicted molar refractivity (Wildman–Crippen MR) is 73.2 cm³/mol. The molecule has 7 nitrogen and oxygen atoms in total. The van der Waals surface area contributed by atoms with E-state index in [9.17, 15) is 19.5 Å². The van der Waals surface area contributed by atoms with Crippen LogP contribution in [0, 0.1) is 5.41 Å². The lowest BCUT2D eigenvalue weighted by molar-refractivity contribution is -0.148. The fourth-order valence-corrected chi connectivity index (χ4v) is 2.59. The van der Waals surface area contributed by atoms with E-state index in [0.717, 1.165) is 12.8 Å². The fraction of sp³-hybridized carbons (Fsp3) is 0.769. The van der Waals surface area contributed by atoms with E-state index in [-0.39, 0.29) is 12.5 Å². The van der Waals surface area contributed by atoms with Crippen LogP contribution in [0.3, 0.4) is 0 Å². The molecule has 0 aromatic rings. The minimum Gasteiger partial charge on any atom is -0.480 e. The number of nitrogens with zero attached hydrogens (tertiary/aromatic N) is 1. The van der Waals surface area contributed by atoms with Gasteiger partial charge in [0, 0.05) is 26.6 Å². The van der Waals surface area contributed by atoms with Gasteiger partial charge >= 0.3 is 12.0 Å². The average Bonchev–Trinajstić information content (AvgIpc) is 2.32. The Morgan fingerprint density at radius 2 is 1.85 bits per heavy atom. The maximum Gasteiger partial charge on any atom is 0.327 e. The van der Waals surface area contributed by atoms with Crippen LogP contribution in [0.4, 0.5) is 4.79 Å². The first-order valence-electron chi connectivity index (χ1n) is 6.77. The number of hydrogen-bond acceptors (Lipinski definition) is 3. The lowest BCUT2D eigenvalue weighted by atomic mass is 9.76. The number of carbonyl (C=O) groups excluding carboxylic acids is 2. The summed E-state index contributed by atoms with van der Waals surface area (Å²) in [5.74, 6) is -1.14. The van der Waals surface area contributed by atoms with Crippen LogP contribution < -0.4 is 10.6 Å². The molecule has 0 saturated carbocycles. The van der Waals surface area contributed by atoms with Crippen molar-refractivity contribution < 1.29 is 19.5 Å². The normalized spacial score (nSPS) is 21.1. The standard InChI is InChI=1S/C13H23N3O4/c1-9(17)14-6-7-15-12(20)16-8-4-5-13(2,3)10(16)11(18)19/h10H,4-8H2,1-3H3,(H,14,17)(H,15,20)(H,18,19). The Labute approximate surface area is 118 Å². The Kier molecular flexibility index (Phi) is 5.35. The van der Waals surface area contributed by atoms with Crippen molar-refractivity contribution in [1.29, 1.82) is 0 Å². The van der Waals surface area contributed by atoms with E-state index >= 15 is 0 Å². The molecular weight excluding hydrogens is 262 g/mol. The number of likely N-dealkylation sites (tertiary alicyclic amines) is 1. The Morgan fingerprint density at radius 1 is 1.25 bits per heavy atom. The van der Waals surface area contributed by atoms with Gasteiger partial charge in [-0.15, -0.1) is 0 Å². The number of carbonyl (C=O) groups is 3. The van der Waals surface area contributed by atoms with Gasteiger partial charge in [0.1, 0.15) is 6.04 Å². The number of aliphatic carboxylic acids is 1. The third-order valence-corrected chi connectivity index (χ3v) is 3.54. The molecule has 0 spiro atoms. The van der Waals surface area contributed by atoms with Gasteiger partial charge in [0.15, 0.2) is 0 Å². The summed E-state index contributed by atoms with van der Waals surface area (Å²) in [5, 5.41) is 14.6. The number of amides is 3.